The van der Waals surface area contributed by atoms with Gasteiger partial charge in [0.15, 0.2) is 5.11 Å². The maximum atomic E-state index is 12.2. The predicted octanol–water partition coefficient (Wildman–Crippen LogP) is 2.17. The molecule has 0 aliphatic carbocycles. The Morgan fingerprint density at radius 1 is 1.16 bits per heavy atom. The lowest BCUT2D eigenvalue weighted by Crippen LogP contribution is -2.41. The van der Waals surface area contributed by atoms with Crippen LogP contribution in [0.4, 0.5) is 5.69 Å². The number of furan rings is 1. The maximum absolute atomic E-state index is 12.2. The molecule has 1 aliphatic rings. The number of morpholine rings is 1. The summed E-state index contributed by atoms with van der Waals surface area (Å²) in [6, 6.07) is 11.4. The van der Waals surface area contributed by atoms with Crippen LogP contribution in [0.2, 0.25) is 0 Å². The van der Waals surface area contributed by atoms with Crippen LogP contribution in [-0.4, -0.2) is 42.2 Å². The van der Waals surface area contributed by atoms with Crippen molar-refractivity contribution in [3.8, 4) is 0 Å². The molecule has 1 aromatic heterocycles. The summed E-state index contributed by atoms with van der Waals surface area (Å²) in [4.78, 5) is 14.1. The number of amides is 1. The highest BCUT2D eigenvalue weighted by molar-refractivity contribution is 7.80. The number of hydrogen-bond donors (Lipinski definition) is 2. The lowest BCUT2D eigenvalue weighted by molar-refractivity contribution is -0.134. The second kappa shape index (κ2) is 8.64. The Kier molecular flexibility index (Phi) is 6.03. The molecule has 25 heavy (non-hydrogen) atoms. The molecule has 1 saturated heterocycles. The number of nitrogens with one attached hydrogen (secondary N) is 2. The van der Waals surface area contributed by atoms with Gasteiger partial charge in [0, 0.05) is 18.8 Å². The Balaban J connectivity index is 1.46. The summed E-state index contributed by atoms with van der Waals surface area (Å²) in [5, 5.41) is 6.71. The van der Waals surface area contributed by atoms with E-state index in [1.807, 2.05) is 41.3 Å². The van der Waals surface area contributed by atoms with E-state index >= 15 is 0 Å². The third-order valence-corrected chi connectivity index (χ3v) is 4.18. The first-order valence-corrected chi connectivity index (χ1v) is 8.63. The SMILES string of the molecule is O=C(Cc1ccc(NC(=S)NCc2ccco2)cc1)N1CCOCC1. The van der Waals surface area contributed by atoms with Crippen LogP contribution in [0.3, 0.4) is 0 Å². The summed E-state index contributed by atoms with van der Waals surface area (Å²) in [6.07, 6.45) is 2.03. The van der Waals surface area contributed by atoms with Crippen LogP contribution in [0.15, 0.2) is 47.1 Å². The number of rotatable bonds is 5. The highest BCUT2D eigenvalue weighted by Gasteiger charge is 2.16. The molecule has 6 nitrogen and oxygen atoms in total. The van der Waals surface area contributed by atoms with E-state index < -0.39 is 0 Å². The molecule has 0 atom stereocenters. The van der Waals surface area contributed by atoms with E-state index in [-0.39, 0.29) is 5.91 Å². The van der Waals surface area contributed by atoms with E-state index in [2.05, 4.69) is 10.6 Å². The van der Waals surface area contributed by atoms with E-state index in [9.17, 15) is 4.79 Å². The molecule has 0 unspecified atom stereocenters. The minimum absolute atomic E-state index is 0.139. The van der Waals surface area contributed by atoms with Gasteiger partial charge in [0.05, 0.1) is 32.4 Å². The molecule has 0 saturated carbocycles. The van der Waals surface area contributed by atoms with Gasteiger partial charge < -0.3 is 24.7 Å². The first-order chi connectivity index (χ1) is 12.2. The van der Waals surface area contributed by atoms with Crippen molar-refractivity contribution in [1.82, 2.24) is 10.2 Å². The van der Waals surface area contributed by atoms with Crippen molar-refractivity contribution >= 4 is 28.9 Å². The van der Waals surface area contributed by atoms with Gasteiger partial charge in [-0.2, -0.15) is 0 Å². The summed E-state index contributed by atoms with van der Waals surface area (Å²) in [7, 11) is 0. The standard InChI is InChI=1S/C18H21N3O3S/c22-17(21-7-10-23-11-8-21)12-14-3-5-15(6-4-14)20-18(25)19-13-16-2-1-9-24-16/h1-6,9H,7-8,10-13H2,(H2,19,20,25). The smallest absolute Gasteiger partial charge is 0.227 e. The fraction of sp³-hybridized carbons (Fsp3) is 0.333. The lowest BCUT2D eigenvalue weighted by Gasteiger charge is -2.26. The zero-order valence-corrected chi connectivity index (χ0v) is 14.7. The Labute approximate surface area is 152 Å². The summed E-state index contributed by atoms with van der Waals surface area (Å²) >= 11 is 5.26. The molecule has 1 fully saturated rings. The number of thiocarbonyl (C=S) groups is 1. The Bertz CT molecular complexity index is 695. The first kappa shape index (κ1) is 17.4. The van der Waals surface area contributed by atoms with Crippen LogP contribution in [0.1, 0.15) is 11.3 Å². The second-order valence-corrected chi connectivity index (χ2v) is 6.16. The molecule has 3 rings (SSSR count). The van der Waals surface area contributed by atoms with Crippen LogP contribution >= 0.6 is 12.2 Å². The fourth-order valence-electron chi connectivity index (χ4n) is 2.56. The summed E-state index contributed by atoms with van der Waals surface area (Å²) in [6.45, 7) is 3.13. The van der Waals surface area contributed by atoms with Gasteiger partial charge in [0.25, 0.3) is 0 Å². The summed E-state index contributed by atoms with van der Waals surface area (Å²) in [5.41, 5.74) is 1.86. The van der Waals surface area contributed by atoms with Crippen LogP contribution in [0.25, 0.3) is 0 Å². The van der Waals surface area contributed by atoms with Gasteiger partial charge in [-0.15, -0.1) is 0 Å². The number of anilines is 1. The summed E-state index contributed by atoms with van der Waals surface area (Å²) < 4.78 is 10.5. The molecule has 0 spiro atoms. The van der Waals surface area contributed by atoms with Crippen molar-refractivity contribution < 1.29 is 13.9 Å². The molecule has 132 valence electrons. The van der Waals surface area contributed by atoms with Crippen molar-refractivity contribution in [2.45, 2.75) is 13.0 Å². The predicted molar refractivity (Wildman–Crippen MR) is 99.3 cm³/mol. The van der Waals surface area contributed by atoms with Gasteiger partial charge >= 0.3 is 0 Å². The highest BCUT2D eigenvalue weighted by Crippen LogP contribution is 2.12. The minimum atomic E-state index is 0.139. The number of nitrogens with zero attached hydrogens (tertiary/aromatic N) is 1. The Hall–Kier alpha value is -2.38. The molecule has 1 amide bonds. The zero-order chi connectivity index (χ0) is 17.5. The molecule has 2 N–H and O–H groups in total. The Morgan fingerprint density at radius 2 is 1.92 bits per heavy atom. The minimum Gasteiger partial charge on any atom is -0.467 e. The Morgan fingerprint density at radius 3 is 2.60 bits per heavy atom. The van der Waals surface area contributed by atoms with Crippen LogP contribution < -0.4 is 10.6 Å². The van der Waals surface area contributed by atoms with Gasteiger partial charge in [-0.1, -0.05) is 12.1 Å². The van der Waals surface area contributed by atoms with Crippen molar-refractivity contribution in [2.24, 2.45) is 0 Å². The van der Waals surface area contributed by atoms with Gasteiger partial charge in [-0.3, -0.25) is 4.79 Å². The normalized spacial score (nSPS) is 14.2. The molecule has 0 bridgehead atoms. The highest BCUT2D eigenvalue weighted by atomic mass is 32.1. The van der Waals surface area contributed by atoms with Gasteiger partial charge in [-0.25, -0.2) is 0 Å². The van der Waals surface area contributed by atoms with Crippen LogP contribution in [-0.2, 0) is 22.5 Å². The van der Waals surface area contributed by atoms with Crippen molar-refractivity contribution in [3.63, 3.8) is 0 Å². The second-order valence-electron chi connectivity index (χ2n) is 5.75. The number of ether oxygens (including phenoxy) is 1. The number of carbonyl (C=O) groups is 1. The molecule has 0 radical (unpaired) electrons. The largest absolute Gasteiger partial charge is 0.467 e. The third kappa shape index (κ3) is 5.30. The van der Waals surface area contributed by atoms with Crippen molar-refractivity contribution in [2.75, 3.05) is 31.6 Å². The molecule has 7 heteroatoms. The zero-order valence-electron chi connectivity index (χ0n) is 13.9. The summed E-state index contributed by atoms with van der Waals surface area (Å²) in [5.74, 6) is 0.959. The topological polar surface area (TPSA) is 66.7 Å². The fourth-order valence-corrected chi connectivity index (χ4v) is 2.75. The number of carbonyl (C=O) groups excluding carboxylic acids is 1. The van der Waals surface area contributed by atoms with E-state index in [1.165, 1.54) is 0 Å². The van der Waals surface area contributed by atoms with Crippen molar-refractivity contribution in [3.05, 3.63) is 54.0 Å². The average Bonchev–Trinajstić information content (AvgIpc) is 3.16. The van der Waals surface area contributed by atoms with E-state index in [0.717, 1.165) is 17.0 Å². The first-order valence-electron chi connectivity index (χ1n) is 8.22. The maximum Gasteiger partial charge on any atom is 0.227 e. The van der Waals surface area contributed by atoms with Crippen molar-refractivity contribution in [1.29, 1.82) is 0 Å². The molecule has 1 aromatic carbocycles. The number of hydrogen-bond acceptors (Lipinski definition) is 4. The third-order valence-electron chi connectivity index (χ3n) is 3.93. The molecule has 1 aliphatic heterocycles. The van der Waals surface area contributed by atoms with E-state index in [0.29, 0.717) is 44.4 Å². The average molecular weight is 359 g/mol. The number of benzene rings is 1. The monoisotopic (exact) mass is 359 g/mol. The van der Waals surface area contributed by atoms with E-state index in [1.54, 1.807) is 6.26 Å². The molecular formula is C18H21N3O3S. The lowest BCUT2D eigenvalue weighted by atomic mass is 10.1. The van der Waals surface area contributed by atoms with E-state index in [4.69, 9.17) is 21.4 Å². The van der Waals surface area contributed by atoms with Gasteiger partial charge in [-0.05, 0) is 42.0 Å². The van der Waals surface area contributed by atoms with Gasteiger partial charge in [0.2, 0.25) is 5.91 Å². The quantitative estimate of drug-likeness (QED) is 0.798. The van der Waals surface area contributed by atoms with Gasteiger partial charge in [0.1, 0.15) is 5.76 Å². The molecular weight excluding hydrogens is 338 g/mol. The molecule has 2 heterocycles. The van der Waals surface area contributed by atoms with Crippen LogP contribution in [0, 0.1) is 0 Å². The molecule has 2 aromatic rings. The van der Waals surface area contributed by atoms with Crippen LogP contribution in [0.5, 0.6) is 0 Å².